The van der Waals surface area contributed by atoms with Crippen LogP contribution in [-0.4, -0.2) is 18.2 Å². The number of amides is 1. The first kappa shape index (κ1) is 14.0. The summed E-state index contributed by atoms with van der Waals surface area (Å²) in [6.07, 6.45) is 0.760. The first-order valence-electron chi connectivity index (χ1n) is 5.81. The molecule has 1 amide bonds. The van der Waals surface area contributed by atoms with Crippen LogP contribution in [0, 0.1) is 22.7 Å². The molecule has 0 fully saturated rings. The van der Waals surface area contributed by atoms with Crippen molar-refractivity contribution in [1.29, 1.82) is 10.5 Å². The Kier molecular flexibility index (Phi) is 4.02. The second kappa shape index (κ2) is 5.72. The molecule has 1 aromatic carbocycles. The van der Waals surface area contributed by atoms with Crippen molar-refractivity contribution in [2.45, 2.75) is 13.3 Å². The summed E-state index contributed by atoms with van der Waals surface area (Å²) in [5.41, 5.74) is 4.77. The highest BCUT2D eigenvalue weighted by atomic mass is 79.9. The van der Waals surface area contributed by atoms with Gasteiger partial charge in [0.15, 0.2) is 0 Å². The van der Waals surface area contributed by atoms with Crippen LogP contribution in [0.4, 0.5) is 11.4 Å². The molecule has 0 aromatic heterocycles. The van der Waals surface area contributed by atoms with E-state index in [2.05, 4.69) is 26.5 Å². The molecule has 1 N–H and O–H groups in total. The first-order valence-corrected chi connectivity index (χ1v) is 6.60. The summed E-state index contributed by atoms with van der Waals surface area (Å²) >= 11 is 3.39. The zero-order valence-corrected chi connectivity index (χ0v) is 12.2. The molecule has 0 radical (unpaired) electrons. The van der Waals surface area contributed by atoms with Crippen molar-refractivity contribution in [1.82, 2.24) is 0 Å². The third-order valence-corrected chi connectivity index (χ3v) is 3.37. The summed E-state index contributed by atoms with van der Waals surface area (Å²) in [5, 5.41) is 21.1. The van der Waals surface area contributed by atoms with E-state index in [0.717, 1.165) is 22.1 Å². The van der Waals surface area contributed by atoms with Crippen LogP contribution in [0.2, 0.25) is 0 Å². The minimum absolute atomic E-state index is 0.0566. The fraction of sp³-hybridized carbons (Fsp3) is 0.231. The Hall–Kier alpha value is -2.38. The zero-order chi connectivity index (χ0) is 14.7. The monoisotopic (exact) mass is 331 g/mol. The normalized spacial score (nSPS) is 12.1. The smallest absolute Gasteiger partial charge is 0.237 e. The predicted octanol–water partition coefficient (Wildman–Crippen LogP) is 2.17. The number of hydrazone groups is 1. The van der Waals surface area contributed by atoms with Crippen molar-refractivity contribution < 1.29 is 4.79 Å². The molecule has 0 aliphatic carbocycles. The van der Waals surface area contributed by atoms with Gasteiger partial charge in [0.05, 0.1) is 11.4 Å². The second-order valence-corrected chi connectivity index (χ2v) is 5.09. The summed E-state index contributed by atoms with van der Waals surface area (Å²) in [6, 6.07) is 7.05. The molecule has 20 heavy (non-hydrogen) atoms. The fourth-order valence-corrected chi connectivity index (χ4v) is 2.61. The SMILES string of the molecule is CC(=O)N1CCc2cc(Br)cc(NN=C(C#N)C#N)c21. The minimum atomic E-state index is -0.272. The van der Waals surface area contributed by atoms with E-state index in [1.54, 1.807) is 23.1 Å². The maximum atomic E-state index is 11.6. The maximum absolute atomic E-state index is 11.6. The fourth-order valence-electron chi connectivity index (χ4n) is 2.10. The van der Waals surface area contributed by atoms with E-state index in [-0.39, 0.29) is 11.6 Å². The van der Waals surface area contributed by atoms with Crippen molar-refractivity contribution in [3.8, 4) is 12.1 Å². The highest BCUT2D eigenvalue weighted by Crippen LogP contribution is 2.38. The van der Waals surface area contributed by atoms with E-state index in [4.69, 9.17) is 10.5 Å². The molecule has 1 aliphatic heterocycles. The van der Waals surface area contributed by atoms with Crippen molar-refractivity contribution in [2.24, 2.45) is 5.10 Å². The Morgan fingerprint density at radius 3 is 2.75 bits per heavy atom. The Balaban J connectivity index is 2.45. The summed E-state index contributed by atoms with van der Waals surface area (Å²) in [6.45, 7) is 2.11. The molecule has 1 heterocycles. The lowest BCUT2D eigenvalue weighted by atomic mass is 10.1. The molecule has 0 unspecified atom stereocenters. The van der Waals surface area contributed by atoms with Gasteiger partial charge in [-0.15, -0.1) is 0 Å². The third kappa shape index (κ3) is 2.63. The molecule has 0 atom stereocenters. The van der Waals surface area contributed by atoms with E-state index in [0.29, 0.717) is 12.2 Å². The molecule has 6 nitrogen and oxygen atoms in total. The van der Waals surface area contributed by atoms with E-state index in [9.17, 15) is 4.79 Å². The third-order valence-electron chi connectivity index (χ3n) is 2.91. The van der Waals surface area contributed by atoms with Crippen LogP contribution >= 0.6 is 15.9 Å². The number of carbonyl (C=O) groups is 1. The molecule has 1 aromatic rings. The van der Waals surface area contributed by atoms with Crippen LogP contribution in [0.25, 0.3) is 0 Å². The summed E-state index contributed by atoms with van der Waals surface area (Å²) in [4.78, 5) is 13.3. The lowest BCUT2D eigenvalue weighted by Crippen LogP contribution is -2.26. The Morgan fingerprint density at radius 1 is 1.45 bits per heavy atom. The molecule has 0 saturated carbocycles. The number of hydrogen-bond acceptors (Lipinski definition) is 5. The Labute approximate surface area is 124 Å². The number of carbonyl (C=O) groups excluding carboxylic acids is 1. The Bertz CT molecular complexity index is 667. The molecular weight excluding hydrogens is 322 g/mol. The first-order chi connectivity index (χ1) is 9.56. The number of halogens is 1. The molecule has 0 spiro atoms. The van der Waals surface area contributed by atoms with Crippen molar-refractivity contribution >= 4 is 38.9 Å². The highest BCUT2D eigenvalue weighted by Gasteiger charge is 2.25. The highest BCUT2D eigenvalue weighted by molar-refractivity contribution is 9.10. The second-order valence-electron chi connectivity index (χ2n) is 4.18. The van der Waals surface area contributed by atoms with E-state index >= 15 is 0 Å². The molecule has 7 heteroatoms. The van der Waals surface area contributed by atoms with Gasteiger partial charge in [-0.2, -0.15) is 15.6 Å². The van der Waals surface area contributed by atoms with Gasteiger partial charge in [-0.1, -0.05) is 15.9 Å². The van der Waals surface area contributed by atoms with Crippen molar-refractivity contribution in [3.63, 3.8) is 0 Å². The molecule has 0 bridgehead atoms. The van der Waals surface area contributed by atoms with Crippen LogP contribution in [-0.2, 0) is 11.2 Å². The summed E-state index contributed by atoms with van der Waals surface area (Å²) in [5.74, 6) is -0.0566. The molecule has 0 saturated heterocycles. The predicted molar refractivity (Wildman–Crippen MR) is 78.2 cm³/mol. The van der Waals surface area contributed by atoms with Gasteiger partial charge in [0.25, 0.3) is 0 Å². The number of nitrogens with one attached hydrogen (secondary N) is 1. The van der Waals surface area contributed by atoms with Crippen molar-refractivity contribution in [3.05, 3.63) is 22.2 Å². The van der Waals surface area contributed by atoms with Gasteiger partial charge in [0.2, 0.25) is 11.6 Å². The molecule has 1 aliphatic rings. The van der Waals surface area contributed by atoms with E-state index < -0.39 is 0 Å². The zero-order valence-electron chi connectivity index (χ0n) is 10.6. The van der Waals surface area contributed by atoms with Gasteiger partial charge >= 0.3 is 0 Å². The van der Waals surface area contributed by atoms with Crippen LogP contribution in [0.5, 0.6) is 0 Å². The number of anilines is 2. The largest absolute Gasteiger partial charge is 0.310 e. The maximum Gasteiger partial charge on any atom is 0.237 e. The van der Waals surface area contributed by atoms with Gasteiger partial charge < -0.3 is 4.90 Å². The number of rotatable bonds is 2. The molecule has 100 valence electrons. The van der Waals surface area contributed by atoms with E-state index in [1.807, 2.05) is 6.07 Å². The molecular formula is C13H10BrN5O. The quantitative estimate of drug-likeness (QED) is 0.663. The van der Waals surface area contributed by atoms with Gasteiger partial charge in [-0.3, -0.25) is 10.2 Å². The van der Waals surface area contributed by atoms with Gasteiger partial charge in [-0.05, 0) is 24.1 Å². The summed E-state index contributed by atoms with van der Waals surface area (Å²) in [7, 11) is 0. The summed E-state index contributed by atoms with van der Waals surface area (Å²) < 4.78 is 0.842. The van der Waals surface area contributed by atoms with Crippen molar-refractivity contribution in [2.75, 3.05) is 16.9 Å². The Morgan fingerprint density at radius 2 is 2.15 bits per heavy atom. The average molecular weight is 332 g/mol. The number of nitrogens with zero attached hydrogens (tertiary/aromatic N) is 4. The lowest BCUT2D eigenvalue weighted by Gasteiger charge is -2.18. The van der Waals surface area contributed by atoms with Crippen LogP contribution in [0.15, 0.2) is 21.7 Å². The van der Waals surface area contributed by atoms with Crippen LogP contribution in [0.1, 0.15) is 12.5 Å². The van der Waals surface area contributed by atoms with Gasteiger partial charge in [0, 0.05) is 17.9 Å². The lowest BCUT2D eigenvalue weighted by molar-refractivity contribution is -0.116. The van der Waals surface area contributed by atoms with Gasteiger partial charge in [-0.25, -0.2) is 0 Å². The molecule has 2 rings (SSSR count). The number of nitriles is 2. The number of hydrogen-bond donors (Lipinski definition) is 1. The number of fused-ring (bicyclic) bond motifs is 1. The van der Waals surface area contributed by atoms with Gasteiger partial charge in [0.1, 0.15) is 12.1 Å². The van der Waals surface area contributed by atoms with Crippen LogP contribution < -0.4 is 10.3 Å². The average Bonchev–Trinajstić information content (AvgIpc) is 2.83. The standard InChI is InChI=1S/C13H10BrN5O/c1-8(20)19-3-2-9-4-10(14)5-12(13(9)19)18-17-11(6-15)7-16/h4-5,18H,2-3H2,1H3. The van der Waals surface area contributed by atoms with E-state index in [1.165, 1.54) is 6.92 Å². The topological polar surface area (TPSA) is 92.3 Å². The minimum Gasteiger partial charge on any atom is -0.310 e. The number of benzene rings is 1. The van der Waals surface area contributed by atoms with Crippen LogP contribution in [0.3, 0.4) is 0 Å².